The molecule has 176 valence electrons. The number of nitrogens with one attached hydrogen (secondary N) is 2. The quantitative estimate of drug-likeness (QED) is 0.436. The first-order valence-electron chi connectivity index (χ1n) is 10.9. The first-order chi connectivity index (χ1) is 16.4. The summed E-state index contributed by atoms with van der Waals surface area (Å²) in [5.74, 6) is 0.315. The molecule has 1 aliphatic rings. The number of piperidine rings is 1. The second-order valence-corrected chi connectivity index (χ2v) is 10.1. The minimum atomic E-state index is -3.52. The molecule has 0 saturated carbocycles. The van der Waals surface area contributed by atoms with Crippen LogP contribution in [-0.2, 0) is 10.0 Å². The highest BCUT2D eigenvalue weighted by atomic mass is 32.2. The van der Waals surface area contributed by atoms with E-state index in [1.807, 2.05) is 0 Å². The first-order valence-corrected chi connectivity index (χ1v) is 12.8. The van der Waals surface area contributed by atoms with Gasteiger partial charge in [0, 0.05) is 42.2 Å². The number of hydrogen-bond acceptors (Lipinski definition) is 7. The molecular formula is C23H24FN7O2S. The summed E-state index contributed by atoms with van der Waals surface area (Å²) in [6.45, 7) is 1.51. The zero-order valence-corrected chi connectivity index (χ0v) is 19.3. The molecule has 34 heavy (non-hydrogen) atoms. The Morgan fingerprint density at radius 1 is 1.18 bits per heavy atom. The van der Waals surface area contributed by atoms with Crippen LogP contribution in [0.3, 0.4) is 0 Å². The van der Waals surface area contributed by atoms with Crippen molar-refractivity contribution < 1.29 is 12.8 Å². The number of fused-ring (bicyclic) bond motifs is 1. The first kappa shape index (κ1) is 22.2. The second kappa shape index (κ2) is 8.99. The standard InChI is InChI=1S/C23H24FN7O2S/c1-34(32,33)31(17-7-10-25-11-8-17)23-6-3-16-15-26-22(14-21(16)29-23)28-20-5-4-18(13-19(20)24)30-12-2-9-27-30/h2-6,9,12-15,17,25H,7-8,10-11H2,1H3,(H,26,28). The van der Waals surface area contributed by atoms with Crippen LogP contribution in [0.5, 0.6) is 0 Å². The third-order valence-corrected chi connectivity index (χ3v) is 6.97. The predicted octanol–water partition coefficient (Wildman–Crippen LogP) is 3.22. The predicted molar refractivity (Wildman–Crippen MR) is 130 cm³/mol. The number of aromatic nitrogens is 4. The Morgan fingerprint density at radius 3 is 2.71 bits per heavy atom. The van der Waals surface area contributed by atoms with Gasteiger partial charge in [-0.3, -0.25) is 4.31 Å². The fourth-order valence-electron chi connectivity index (χ4n) is 4.17. The molecule has 1 saturated heterocycles. The maximum atomic E-state index is 14.7. The maximum Gasteiger partial charge on any atom is 0.233 e. The average Bonchev–Trinajstić information content (AvgIpc) is 3.35. The van der Waals surface area contributed by atoms with Gasteiger partial charge >= 0.3 is 0 Å². The third-order valence-electron chi connectivity index (χ3n) is 5.77. The third kappa shape index (κ3) is 4.57. The van der Waals surface area contributed by atoms with E-state index in [2.05, 4.69) is 25.7 Å². The van der Waals surface area contributed by atoms with E-state index in [0.717, 1.165) is 18.5 Å². The van der Waals surface area contributed by atoms with E-state index in [9.17, 15) is 12.8 Å². The van der Waals surface area contributed by atoms with Gasteiger partial charge in [-0.25, -0.2) is 27.5 Å². The van der Waals surface area contributed by atoms with Gasteiger partial charge in [0.2, 0.25) is 10.0 Å². The van der Waals surface area contributed by atoms with Crippen molar-refractivity contribution in [3.8, 4) is 5.69 Å². The molecular weight excluding hydrogens is 457 g/mol. The summed E-state index contributed by atoms with van der Waals surface area (Å²) in [4.78, 5) is 8.98. The summed E-state index contributed by atoms with van der Waals surface area (Å²) in [7, 11) is -3.52. The molecule has 0 aliphatic carbocycles. The van der Waals surface area contributed by atoms with E-state index in [1.54, 1.807) is 59.7 Å². The topological polar surface area (TPSA) is 105 Å². The molecule has 0 atom stereocenters. The van der Waals surface area contributed by atoms with Crippen LogP contribution >= 0.6 is 0 Å². The van der Waals surface area contributed by atoms with Gasteiger partial charge in [-0.2, -0.15) is 5.10 Å². The lowest BCUT2D eigenvalue weighted by molar-refractivity contribution is 0.453. The summed E-state index contributed by atoms with van der Waals surface area (Å²) in [6.07, 6.45) is 7.61. The molecule has 2 N–H and O–H groups in total. The minimum absolute atomic E-state index is 0.150. The Morgan fingerprint density at radius 2 is 2.00 bits per heavy atom. The van der Waals surface area contributed by atoms with Gasteiger partial charge in [0.05, 0.1) is 23.1 Å². The number of pyridine rings is 2. The minimum Gasteiger partial charge on any atom is -0.338 e. The van der Waals surface area contributed by atoms with Crippen LogP contribution in [0, 0.1) is 5.82 Å². The Balaban J connectivity index is 1.45. The van der Waals surface area contributed by atoms with Crippen molar-refractivity contribution in [2.24, 2.45) is 0 Å². The van der Waals surface area contributed by atoms with Crippen molar-refractivity contribution in [3.63, 3.8) is 0 Å². The van der Waals surface area contributed by atoms with Gasteiger partial charge in [0.25, 0.3) is 0 Å². The number of nitrogens with zero attached hydrogens (tertiary/aromatic N) is 5. The van der Waals surface area contributed by atoms with E-state index in [4.69, 9.17) is 0 Å². The Kier molecular flexibility index (Phi) is 5.88. The van der Waals surface area contributed by atoms with E-state index >= 15 is 0 Å². The van der Waals surface area contributed by atoms with Gasteiger partial charge in [-0.15, -0.1) is 0 Å². The Labute approximate surface area is 196 Å². The molecule has 1 aromatic carbocycles. The van der Waals surface area contributed by atoms with E-state index in [-0.39, 0.29) is 11.7 Å². The highest BCUT2D eigenvalue weighted by molar-refractivity contribution is 7.92. The molecule has 0 bridgehead atoms. The largest absolute Gasteiger partial charge is 0.338 e. The molecule has 0 unspecified atom stereocenters. The van der Waals surface area contributed by atoms with Crippen LogP contribution in [0.25, 0.3) is 16.6 Å². The number of halogens is 1. The normalized spacial score (nSPS) is 14.9. The van der Waals surface area contributed by atoms with Crippen LogP contribution in [0.4, 0.5) is 21.7 Å². The van der Waals surface area contributed by atoms with Crippen molar-refractivity contribution in [2.45, 2.75) is 18.9 Å². The maximum absolute atomic E-state index is 14.7. The van der Waals surface area contributed by atoms with Crippen molar-refractivity contribution >= 4 is 38.2 Å². The van der Waals surface area contributed by atoms with Crippen molar-refractivity contribution in [1.82, 2.24) is 25.1 Å². The number of benzene rings is 1. The van der Waals surface area contributed by atoms with Crippen molar-refractivity contribution in [2.75, 3.05) is 29.0 Å². The number of rotatable bonds is 6. The summed E-state index contributed by atoms with van der Waals surface area (Å²) < 4.78 is 42.9. The van der Waals surface area contributed by atoms with Crippen LogP contribution in [-0.4, -0.2) is 53.6 Å². The van der Waals surface area contributed by atoms with Gasteiger partial charge in [-0.1, -0.05) is 0 Å². The second-order valence-electron chi connectivity index (χ2n) is 8.21. The SMILES string of the molecule is CS(=O)(=O)N(c1ccc2cnc(Nc3ccc(-n4cccn4)cc3F)cc2n1)C1CCNCC1. The number of sulfonamides is 1. The van der Waals surface area contributed by atoms with Gasteiger partial charge in [0.1, 0.15) is 17.5 Å². The van der Waals surface area contributed by atoms with Crippen molar-refractivity contribution in [1.29, 1.82) is 0 Å². The molecule has 9 nitrogen and oxygen atoms in total. The molecule has 4 heterocycles. The number of hydrogen-bond donors (Lipinski definition) is 2. The highest BCUT2D eigenvalue weighted by Crippen LogP contribution is 2.27. The van der Waals surface area contributed by atoms with E-state index in [0.29, 0.717) is 35.7 Å². The molecule has 3 aromatic heterocycles. The van der Waals surface area contributed by atoms with Gasteiger partial charge < -0.3 is 10.6 Å². The Bertz CT molecular complexity index is 1420. The van der Waals surface area contributed by atoms with Crippen LogP contribution in [0.1, 0.15) is 12.8 Å². The molecule has 0 radical (unpaired) electrons. The fourth-order valence-corrected chi connectivity index (χ4v) is 5.37. The van der Waals surface area contributed by atoms with Crippen LogP contribution in [0.2, 0.25) is 0 Å². The molecule has 0 spiro atoms. The van der Waals surface area contributed by atoms with Crippen LogP contribution in [0.15, 0.2) is 61.1 Å². The lowest BCUT2D eigenvalue weighted by Gasteiger charge is -2.33. The summed E-state index contributed by atoms with van der Waals surface area (Å²) in [5, 5.41) is 11.1. The average molecular weight is 482 g/mol. The molecule has 4 aromatic rings. The highest BCUT2D eigenvalue weighted by Gasteiger charge is 2.29. The molecule has 1 fully saturated rings. The zero-order valence-electron chi connectivity index (χ0n) is 18.5. The summed E-state index contributed by atoms with van der Waals surface area (Å²) >= 11 is 0. The van der Waals surface area contributed by atoms with Gasteiger partial charge in [-0.05, 0) is 56.3 Å². The zero-order chi connectivity index (χ0) is 23.7. The summed E-state index contributed by atoms with van der Waals surface area (Å²) in [5.41, 5.74) is 1.42. The molecule has 5 rings (SSSR count). The molecule has 1 aliphatic heterocycles. The van der Waals surface area contributed by atoms with Gasteiger partial charge in [0.15, 0.2) is 0 Å². The van der Waals surface area contributed by atoms with Crippen LogP contribution < -0.4 is 14.9 Å². The lowest BCUT2D eigenvalue weighted by Crippen LogP contribution is -2.46. The fraction of sp³-hybridized carbons (Fsp3) is 0.261. The number of anilines is 3. The van der Waals surface area contributed by atoms with Crippen molar-refractivity contribution in [3.05, 3.63) is 66.9 Å². The summed E-state index contributed by atoms with van der Waals surface area (Å²) in [6, 6.07) is 11.5. The van der Waals surface area contributed by atoms with E-state index in [1.165, 1.54) is 16.6 Å². The monoisotopic (exact) mass is 481 g/mol. The smallest absolute Gasteiger partial charge is 0.233 e. The molecule has 11 heteroatoms. The van der Waals surface area contributed by atoms with E-state index < -0.39 is 15.8 Å². The Hall–Kier alpha value is -3.57. The lowest BCUT2D eigenvalue weighted by atomic mass is 10.1. The molecule has 0 amide bonds.